The number of amides is 1. The van der Waals surface area contributed by atoms with Crippen LogP contribution < -0.4 is 9.64 Å². The van der Waals surface area contributed by atoms with Crippen molar-refractivity contribution < 1.29 is 24.7 Å². The summed E-state index contributed by atoms with van der Waals surface area (Å²) in [5.74, 6) is 1.53. The maximum absolute atomic E-state index is 12.2. The second-order valence-corrected chi connectivity index (χ2v) is 16.0. The van der Waals surface area contributed by atoms with Crippen LogP contribution in [0.3, 0.4) is 0 Å². The number of nitrogens with zero attached hydrogens (tertiary/aromatic N) is 2. The van der Waals surface area contributed by atoms with E-state index in [1.165, 1.54) is 11.8 Å². The number of allylic oxidation sites excluding steroid dienone is 2. The van der Waals surface area contributed by atoms with Crippen molar-refractivity contribution in [1.29, 1.82) is 0 Å². The molecule has 26 heavy (non-hydrogen) atoms. The van der Waals surface area contributed by atoms with E-state index in [4.69, 9.17) is 44.5 Å². The number of para-hydroxylation sites is 2. The summed E-state index contributed by atoms with van der Waals surface area (Å²) in [7, 11) is 14.9. The van der Waals surface area contributed by atoms with Crippen molar-refractivity contribution in [3.05, 3.63) is 47.2 Å². The number of likely N-dealkylation sites (N-methyl/N-ethyl adjacent to an activating group) is 1. The van der Waals surface area contributed by atoms with Gasteiger partial charge < -0.3 is 9.64 Å². The standard InChI is InChI=1S/C16H16N2O2S2.Au.3ClH/c1-3-17-11-7-5-6-8-12(11)20-14(17)10-9-13-15(19)18(4-2)16(21)22-13;;;;/h5-10H,3-4H2,1-2H3;;3*1H/q;+3;;;/p-3. The predicted octanol–water partition coefficient (Wildman–Crippen LogP) is 5.58. The van der Waals surface area contributed by atoms with Crippen LogP contribution in [0.1, 0.15) is 13.8 Å². The van der Waals surface area contributed by atoms with Crippen LogP contribution >= 0.6 is 51.5 Å². The third-order valence-electron chi connectivity index (χ3n) is 3.52. The second kappa shape index (κ2) is 10.4. The van der Waals surface area contributed by atoms with Crippen LogP contribution in [0.5, 0.6) is 5.75 Å². The second-order valence-electron chi connectivity index (χ2n) is 4.90. The van der Waals surface area contributed by atoms with Gasteiger partial charge in [-0.2, -0.15) is 0 Å². The van der Waals surface area contributed by atoms with E-state index in [0.29, 0.717) is 15.8 Å². The molecule has 0 bridgehead atoms. The number of rotatable bonds is 3. The summed E-state index contributed by atoms with van der Waals surface area (Å²) < 4.78 is 6.47. The Balaban J connectivity index is 0.000000552. The first kappa shape index (κ1) is 22.1. The van der Waals surface area contributed by atoms with Gasteiger partial charge in [-0.1, -0.05) is 36.1 Å². The van der Waals surface area contributed by atoms with Crippen LogP contribution in [0.4, 0.5) is 5.69 Å². The van der Waals surface area contributed by atoms with Gasteiger partial charge in [0.1, 0.15) is 4.32 Å². The van der Waals surface area contributed by atoms with E-state index in [0.717, 1.165) is 23.9 Å². The molecule has 1 aromatic rings. The first-order valence-corrected chi connectivity index (χ1v) is 16.8. The average molecular weight is 636 g/mol. The molecule has 0 radical (unpaired) electrons. The van der Waals surface area contributed by atoms with Crippen molar-refractivity contribution in [3.63, 3.8) is 0 Å². The summed E-state index contributed by atoms with van der Waals surface area (Å²) in [4.78, 5) is 16.5. The zero-order chi connectivity index (χ0) is 19.3. The summed E-state index contributed by atoms with van der Waals surface area (Å²) in [6.45, 7) is 5.38. The Bertz CT molecular complexity index is 756. The minimum atomic E-state index is -1.79. The van der Waals surface area contributed by atoms with Gasteiger partial charge in [-0.25, -0.2) is 0 Å². The fourth-order valence-electron chi connectivity index (χ4n) is 2.44. The average Bonchev–Trinajstić information content (AvgIpc) is 3.08. The molecule has 3 rings (SSSR count). The van der Waals surface area contributed by atoms with Gasteiger partial charge >= 0.3 is 42.8 Å². The Hall–Kier alpha value is -0.180. The summed E-state index contributed by atoms with van der Waals surface area (Å²) in [5, 5.41) is 0. The molecule has 10 heteroatoms. The van der Waals surface area contributed by atoms with Crippen molar-refractivity contribution in [3.8, 4) is 5.75 Å². The number of carbonyl (C=O) groups is 1. The molecule has 2 heterocycles. The van der Waals surface area contributed by atoms with Gasteiger partial charge in [-0.3, -0.25) is 9.69 Å². The predicted molar refractivity (Wildman–Crippen MR) is 111 cm³/mol. The molecule has 1 aromatic carbocycles. The molecule has 0 unspecified atom stereocenters. The molecule has 4 nitrogen and oxygen atoms in total. The molecule has 2 aliphatic rings. The Morgan fingerprint density at radius 3 is 2.35 bits per heavy atom. The Morgan fingerprint density at radius 2 is 1.77 bits per heavy atom. The molecule has 0 atom stereocenters. The molecule has 0 spiro atoms. The van der Waals surface area contributed by atoms with Crippen LogP contribution in [0.2, 0.25) is 0 Å². The topological polar surface area (TPSA) is 32.8 Å². The fraction of sp³-hybridized carbons (Fsp3) is 0.250. The van der Waals surface area contributed by atoms with E-state index in [1.54, 1.807) is 11.0 Å². The van der Waals surface area contributed by atoms with E-state index >= 15 is 0 Å². The van der Waals surface area contributed by atoms with E-state index < -0.39 is 15.2 Å². The Labute approximate surface area is 180 Å². The van der Waals surface area contributed by atoms with Crippen LogP contribution in [-0.2, 0) is 20.0 Å². The molecule has 0 N–H and O–H groups in total. The van der Waals surface area contributed by atoms with Gasteiger partial charge in [0.2, 0.25) is 5.88 Å². The zero-order valence-electron chi connectivity index (χ0n) is 13.8. The molecule has 2 aliphatic heterocycles. The Kier molecular flexibility index (Phi) is 8.83. The number of ether oxygens (including phenoxy) is 1. The van der Waals surface area contributed by atoms with E-state index in [9.17, 15) is 4.79 Å². The molecule has 1 amide bonds. The normalized spacial score (nSPS) is 19.5. The van der Waals surface area contributed by atoms with Crippen molar-refractivity contribution in [2.45, 2.75) is 13.8 Å². The molecule has 0 saturated carbocycles. The number of anilines is 1. The van der Waals surface area contributed by atoms with Crippen molar-refractivity contribution >= 4 is 67.5 Å². The summed E-state index contributed by atoms with van der Waals surface area (Å²) >= 11 is 4.76. The van der Waals surface area contributed by atoms with Crippen molar-refractivity contribution in [2.24, 2.45) is 0 Å². The molecule has 0 aromatic heterocycles. The van der Waals surface area contributed by atoms with Gasteiger partial charge in [0.15, 0.2) is 5.75 Å². The quantitative estimate of drug-likeness (QED) is 0.246. The van der Waals surface area contributed by atoms with Gasteiger partial charge in [0.05, 0.1) is 10.6 Å². The molecule has 146 valence electrons. The number of benzene rings is 1. The molecule has 1 saturated heterocycles. The SMILES string of the molecule is CCN1C(=O)C(=CC=C2Oc3ccccc3N2CC)SC1=S.[Cl][Au]([Cl])[Cl]. The maximum atomic E-state index is 12.2. The van der Waals surface area contributed by atoms with Crippen LogP contribution in [-0.4, -0.2) is 28.2 Å². The summed E-state index contributed by atoms with van der Waals surface area (Å²) in [6.07, 6.45) is 3.63. The number of thioether (sulfide) groups is 1. The van der Waals surface area contributed by atoms with Crippen molar-refractivity contribution in [1.82, 2.24) is 4.90 Å². The number of halogens is 3. The van der Waals surface area contributed by atoms with Crippen molar-refractivity contribution in [2.75, 3.05) is 18.0 Å². The number of carbonyl (C=O) groups excluding carboxylic acids is 1. The summed E-state index contributed by atoms with van der Waals surface area (Å²) in [6, 6.07) is 7.90. The van der Waals surface area contributed by atoms with Gasteiger partial charge in [0, 0.05) is 19.2 Å². The van der Waals surface area contributed by atoms with Crippen LogP contribution in [0.25, 0.3) is 0 Å². The number of fused-ring (bicyclic) bond motifs is 1. The van der Waals surface area contributed by atoms with E-state index in [1.807, 2.05) is 37.3 Å². The van der Waals surface area contributed by atoms with Gasteiger partial charge in [-0.05, 0) is 32.1 Å². The van der Waals surface area contributed by atoms with Gasteiger partial charge in [-0.15, -0.1) is 0 Å². The number of thiocarbonyl (C=S) groups is 1. The van der Waals surface area contributed by atoms with Crippen LogP contribution in [0, 0.1) is 0 Å². The van der Waals surface area contributed by atoms with E-state index in [2.05, 4.69) is 11.8 Å². The molecular weight excluding hydrogens is 620 g/mol. The van der Waals surface area contributed by atoms with E-state index in [-0.39, 0.29) is 5.91 Å². The third-order valence-corrected chi connectivity index (χ3v) is 4.92. The Morgan fingerprint density at radius 1 is 1.15 bits per heavy atom. The molecule has 1 fully saturated rings. The summed E-state index contributed by atoms with van der Waals surface area (Å²) in [5.41, 5.74) is 1.05. The first-order chi connectivity index (χ1) is 12.4. The van der Waals surface area contributed by atoms with Crippen LogP contribution in [0.15, 0.2) is 47.2 Å². The monoisotopic (exact) mass is 634 g/mol. The fourth-order valence-corrected chi connectivity index (χ4v) is 3.76. The molecular formula is C16H16AuCl3N2O2S2. The number of hydrogen-bond donors (Lipinski definition) is 0. The molecule has 0 aliphatic carbocycles. The first-order valence-electron chi connectivity index (χ1n) is 7.50. The third kappa shape index (κ3) is 5.42. The zero-order valence-corrected chi connectivity index (χ0v) is 19.9. The minimum absolute atomic E-state index is 0.0343. The van der Waals surface area contributed by atoms with Gasteiger partial charge in [0.25, 0.3) is 5.91 Å². The number of hydrogen-bond acceptors (Lipinski definition) is 5.